The van der Waals surface area contributed by atoms with Gasteiger partial charge in [-0.2, -0.15) is 5.10 Å². The minimum Gasteiger partial charge on any atom is -0.352 e. The Balaban J connectivity index is 1.57. The molecule has 2 aromatic heterocycles. The van der Waals surface area contributed by atoms with Crippen LogP contribution in [0.3, 0.4) is 0 Å². The van der Waals surface area contributed by atoms with Gasteiger partial charge in [-0.3, -0.25) is 9.89 Å². The standard InChI is InChI=1S/C15H21N5O/c1-10-13-7-12(9-18-14(13)20-19-10)15(21)17-6-4-11-3-2-5-16-8-11/h7,9,11,16H,2-6,8H2,1H3,(H,17,21)(H,18,19,20). The summed E-state index contributed by atoms with van der Waals surface area (Å²) in [4.78, 5) is 16.4. The Morgan fingerprint density at radius 3 is 3.24 bits per heavy atom. The molecule has 1 amide bonds. The van der Waals surface area contributed by atoms with Crippen molar-refractivity contribution in [3.8, 4) is 0 Å². The van der Waals surface area contributed by atoms with Gasteiger partial charge in [0.1, 0.15) is 0 Å². The second kappa shape index (κ2) is 6.22. The molecule has 3 heterocycles. The third-order valence-electron chi connectivity index (χ3n) is 4.10. The first-order chi connectivity index (χ1) is 10.2. The summed E-state index contributed by atoms with van der Waals surface area (Å²) in [5.41, 5.74) is 2.17. The summed E-state index contributed by atoms with van der Waals surface area (Å²) in [5, 5.41) is 14.2. The van der Waals surface area contributed by atoms with Crippen molar-refractivity contribution in [1.29, 1.82) is 0 Å². The molecule has 3 N–H and O–H groups in total. The van der Waals surface area contributed by atoms with Gasteiger partial charge in [-0.25, -0.2) is 4.98 Å². The zero-order valence-electron chi connectivity index (χ0n) is 12.3. The van der Waals surface area contributed by atoms with E-state index in [1.807, 2.05) is 13.0 Å². The quantitative estimate of drug-likeness (QED) is 0.793. The number of aromatic nitrogens is 3. The van der Waals surface area contributed by atoms with Crippen molar-refractivity contribution in [2.24, 2.45) is 5.92 Å². The van der Waals surface area contributed by atoms with Crippen LogP contribution in [0.25, 0.3) is 11.0 Å². The summed E-state index contributed by atoms with van der Waals surface area (Å²) >= 11 is 0. The van der Waals surface area contributed by atoms with Gasteiger partial charge in [0.05, 0.1) is 5.56 Å². The van der Waals surface area contributed by atoms with Gasteiger partial charge in [0.2, 0.25) is 0 Å². The van der Waals surface area contributed by atoms with Crippen molar-refractivity contribution in [2.75, 3.05) is 19.6 Å². The molecular formula is C15H21N5O. The van der Waals surface area contributed by atoms with Gasteiger partial charge in [-0.1, -0.05) is 0 Å². The summed E-state index contributed by atoms with van der Waals surface area (Å²) < 4.78 is 0. The van der Waals surface area contributed by atoms with Crippen molar-refractivity contribution < 1.29 is 4.79 Å². The molecule has 0 radical (unpaired) electrons. The number of amides is 1. The molecule has 0 aliphatic carbocycles. The molecule has 1 saturated heterocycles. The Kier molecular flexibility index (Phi) is 4.15. The second-order valence-corrected chi connectivity index (χ2v) is 5.70. The lowest BCUT2D eigenvalue weighted by Gasteiger charge is -2.22. The van der Waals surface area contributed by atoms with Crippen molar-refractivity contribution in [3.05, 3.63) is 23.5 Å². The lowest BCUT2D eigenvalue weighted by atomic mass is 9.96. The Morgan fingerprint density at radius 2 is 2.43 bits per heavy atom. The van der Waals surface area contributed by atoms with Crippen LogP contribution in [-0.4, -0.2) is 40.7 Å². The van der Waals surface area contributed by atoms with Gasteiger partial charge in [-0.15, -0.1) is 0 Å². The number of aryl methyl sites for hydroxylation is 1. The molecule has 0 bridgehead atoms. The van der Waals surface area contributed by atoms with E-state index in [-0.39, 0.29) is 5.91 Å². The number of H-pyrrole nitrogens is 1. The molecule has 1 aliphatic heterocycles. The maximum absolute atomic E-state index is 12.2. The van der Waals surface area contributed by atoms with Crippen molar-refractivity contribution in [3.63, 3.8) is 0 Å². The Labute approximate surface area is 123 Å². The average molecular weight is 287 g/mol. The maximum atomic E-state index is 12.2. The summed E-state index contributed by atoms with van der Waals surface area (Å²) in [5.74, 6) is 0.615. The number of nitrogens with one attached hydrogen (secondary N) is 3. The van der Waals surface area contributed by atoms with Gasteiger partial charge in [0.15, 0.2) is 5.65 Å². The first-order valence-corrected chi connectivity index (χ1v) is 7.53. The second-order valence-electron chi connectivity index (χ2n) is 5.70. The van der Waals surface area contributed by atoms with Crippen LogP contribution in [0.5, 0.6) is 0 Å². The molecule has 112 valence electrons. The predicted molar refractivity (Wildman–Crippen MR) is 81.2 cm³/mol. The highest BCUT2D eigenvalue weighted by molar-refractivity contribution is 5.97. The highest BCUT2D eigenvalue weighted by atomic mass is 16.1. The van der Waals surface area contributed by atoms with Crippen LogP contribution in [-0.2, 0) is 0 Å². The lowest BCUT2D eigenvalue weighted by molar-refractivity contribution is 0.0950. The van der Waals surface area contributed by atoms with E-state index in [0.29, 0.717) is 23.7 Å². The average Bonchev–Trinajstić information content (AvgIpc) is 2.89. The predicted octanol–water partition coefficient (Wildman–Crippen LogP) is 1.39. The van der Waals surface area contributed by atoms with Crippen molar-refractivity contribution in [2.45, 2.75) is 26.2 Å². The van der Waals surface area contributed by atoms with Gasteiger partial charge < -0.3 is 10.6 Å². The Bertz CT molecular complexity index is 630. The number of carbonyl (C=O) groups is 1. The Hall–Kier alpha value is -1.95. The molecule has 2 aromatic rings. The zero-order chi connectivity index (χ0) is 14.7. The fourth-order valence-corrected chi connectivity index (χ4v) is 2.81. The van der Waals surface area contributed by atoms with E-state index in [1.165, 1.54) is 12.8 Å². The molecule has 0 aromatic carbocycles. The number of aromatic amines is 1. The first kappa shape index (κ1) is 14.0. The summed E-state index contributed by atoms with van der Waals surface area (Å²) in [6.45, 7) is 4.83. The maximum Gasteiger partial charge on any atom is 0.252 e. The Morgan fingerprint density at radius 1 is 1.52 bits per heavy atom. The number of piperidine rings is 1. The van der Waals surface area contributed by atoms with E-state index < -0.39 is 0 Å². The molecule has 1 unspecified atom stereocenters. The minimum atomic E-state index is -0.0613. The van der Waals surface area contributed by atoms with Crippen molar-refractivity contribution in [1.82, 2.24) is 25.8 Å². The van der Waals surface area contributed by atoms with E-state index >= 15 is 0 Å². The summed E-state index contributed by atoms with van der Waals surface area (Å²) in [6.07, 6.45) is 5.10. The van der Waals surface area contributed by atoms with Crippen molar-refractivity contribution >= 4 is 16.9 Å². The molecule has 1 fully saturated rings. The SMILES string of the molecule is Cc1[nH]nc2ncc(C(=O)NCCC3CCCNC3)cc12. The lowest BCUT2D eigenvalue weighted by Crippen LogP contribution is -2.33. The van der Waals surface area contributed by atoms with Gasteiger partial charge >= 0.3 is 0 Å². The summed E-state index contributed by atoms with van der Waals surface area (Å²) in [7, 11) is 0. The van der Waals surface area contributed by atoms with Gasteiger partial charge in [0.25, 0.3) is 5.91 Å². The molecule has 0 spiro atoms. The smallest absolute Gasteiger partial charge is 0.252 e. The molecule has 21 heavy (non-hydrogen) atoms. The van der Waals surface area contributed by atoms with Crippen LogP contribution >= 0.6 is 0 Å². The normalized spacial score (nSPS) is 18.8. The van der Waals surface area contributed by atoms with E-state index in [4.69, 9.17) is 0 Å². The number of nitrogens with zero attached hydrogens (tertiary/aromatic N) is 2. The van der Waals surface area contributed by atoms with Crippen LogP contribution in [0.2, 0.25) is 0 Å². The van der Waals surface area contributed by atoms with E-state index in [0.717, 1.165) is 30.6 Å². The van der Waals surface area contributed by atoms with Crippen LogP contribution in [0, 0.1) is 12.8 Å². The largest absolute Gasteiger partial charge is 0.352 e. The van der Waals surface area contributed by atoms with Gasteiger partial charge in [-0.05, 0) is 51.3 Å². The third kappa shape index (κ3) is 3.21. The number of carbonyl (C=O) groups excluding carboxylic acids is 1. The number of fused-ring (bicyclic) bond motifs is 1. The topological polar surface area (TPSA) is 82.7 Å². The molecule has 3 rings (SSSR count). The minimum absolute atomic E-state index is 0.0613. The number of pyridine rings is 1. The zero-order valence-corrected chi connectivity index (χ0v) is 12.3. The molecule has 6 nitrogen and oxygen atoms in total. The van der Waals surface area contributed by atoms with Gasteiger partial charge in [0, 0.05) is 23.8 Å². The van der Waals surface area contributed by atoms with Crippen LogP contribution in [0.1, 0.15) is 35.3 Å². The number of hydrogen-bond donors (Lipinski definition) is 3. The van der Waals surface area contributed by atoms with Crippen LogP contribution < -0.4 is 10.6 Å². The molecule has 1 aliphatic rings. The van der Waals surface area contributed by atoms with Crippen LogP contribution in [0.15, 0.2) is 12.3 Å². The van der Waals surface area contributed by atoms with E-state index in [1.54, 1.807) is 6.20 Å². The summed E-state index contributed by atoms with van der Waals surface area (Å²) in [6, 6.07) is 1.85. The molecule has 0 saturated carbocycles. The first-order valence-electron chi connectivity index (χ1n) is 7.53. The third-order valence-corrected chi connectivity index (χ3v) is 4.10. The highest BCUT2D eigenvalue weighted by Gasteiger charge is 2.14. The molecule has 1 atom stereocenters. The number of rotatable bonds is 4. The highest BCUT2D eigenvalue weighted by Crippen LogP contribution is 2.15. The molecule has 6 heteroatoms. The molecular weight excluding hydrogens is 266 g/mol. The number of hydrogen-bond acceptors (Lipinski definition) is 4. The fourth-order valence-electron chi connectivity index (χ4n) is 2.81. The monoisotopic (exact) mass is 287 g/mol. The van der Waals surface area contributed by atoms with E-state index in [9.17, 15) is 4.79 Å². The van der Waals surface area contributed by atoms with E-state index in [2.05, 4.69) is 25.8 Å². The fraction of sp³-hybridized carbons (Fsp3) is 0.533. The van der Waals surface area contributed by atoms with Crippen LogP contribution in [0.4, 0.5) is 0 Å².